The lowest BCUT2D eigenvalue weighted by molar-refractivity contribution is 0.374. The van der Waals surface area contributed by atoms with E-state index in [0.29, 0.717) is 34.1 Å². The number of nitriles is 1. The van der Waals surface area contributed by atoms with Crippen LogP contribution in [0.25, 0.3) is 0 Å². The molecule has 57 heavy (non-hydrogen) atoms. The minimum atomic E-state index is -0.737. The van der Waals surface area contributed by atoms with Crippen LogP contribution in [0.5, 0.6) is 23.0 Å². The maximum absolute atomic E-state index is 11.0. The lowest BCUT2D eigenvalue weighted by Crippen LogP contribution is -2.26. The van der Waals surface area contributed by atoms with Gasteiger partial charge in [0, 0.05) is 61.8 Å². The van der Waals surface area contributed by atoms with Crippen molar-refractivity contribution in [1.29, 1.82) is 5.26 Å². The van der Waals surface area contributed by atoms with Gasteiger partial charge in [0.2, 0.25) is 0 Å². The van der Waals surface area contributed by atoms with Gasteiger partial charge in [0.15, 0.2) is 0 Å². The van der Waals surface area contributed by atoms with Crippen molar-refractivity contribution in [3.05, 3.63) is 35.4 Å². The van der Waals surface area contributed by atoms with Crippen molar-refractivity contribution in [2.75, 3.05) is 64.4 Å². The maximum Gasteiger partial charge on any atom is 0.129 e. The Balaban J connectivity index is 2.51. The molecule has 0 bridgehead atoms. The Bertz CT molecular complexity index is 1180. The number of nitrogens with zero attached hydrogens (tertiary/aromatic N) is 3. The van der Waals surface area contributed by atoms with Crippen LogP contribution < -0.4 is 28.7 Å². The molecule has 0 spiro atoms. The molecule has 0 unspecified atom stereocenters. The van der Waals surface area contributed by atoms with E-state index in [9.17, 15) is 5.26 Å². The summed E-state index contributed by atoms with van der Waals surface area (Å²) < 4.78 is 24.6. The normalized spacial score (nSPS) is 11.2. The predicted octanol–water partition coefficient (Wildman–Crippen LogP) is 14.4. The Morgan fingerprint density at radius 2 is 0.632 bits per heavy atom. The van der Waals surface area contributed by atoms with E-state index in [0.717, 1.165) is 63.2 Å². The first kappa shape index (κ1) is 49.9. The molecule has 7 nitrogen and oxygen atoms in total. The van der Waals surface area contributed by atoms with Gasteiger partial charge in [-0.3, -0.25) is 0 Å². The van der Waals surface area contributed by atoms with E-state index in [4.69, 9.17) is 18.9 Å². The van der Waals surface area contributed by atoms with Gasteiger partial charge < -0.3 is 28.7 Å². The van der Waals surface area contributed by atoms with Crippen LogP contribution in [0.3, 0.4) is 0 Å². The van der Waals surface area contributed by atoms with Gasteiger partial charge in [-0.1, -0.05) is 156 Å². The van der Waals surface area contributed by atoms with Crippen molar-refractivity contribution in [2.45, 2.75) is 188 Å². The molecule has 0 aliphatic heterocycles. The minimum Gasteiger partial charge on any atom is -0.496 e. The van der Waals surface area contributed by atoms with Crippen LogP contribution in [0, 0.1) is 11.3 Å². The van der Waals surface area contributed by atoms with Crippen LogP contribution in [0.15, 0.2) is 24.3 Å². The van der Waals surface area contributed by atoms with E-state index < -0.39 is 5.92 Å². The number of hydrogen-bond acceptors (Lipinski definition) is 7. The quantitative estimate of drug-likeness (QED) is 0.0637. The van der Waals surface area contributed by atoms with Crippen LogP contribution >= 0.6 is 0 Å². The summed E-state index contributed by atoms with van der Waals surface area (Å²) in [6.07, 6.45) is 30.2. The Morgan fingerprint density at radius 1 is 0.404 bits per heavy atom. The molecule has 0 N–H and O–H groups in total. The number of rotatable bonds is 36. The molecule has 0 fully saturated rings. The summed E-state index contributed by atoms with van der Waals surface area (Å²) in [5.74, 6) is 1.85. The fourth-order valence-electron chi connectivity index (χ4n) is 8.13. The molecule has 7 heteroatoms. The molecule has 0 aliphatic rings. The van der Waals surface area contributed by atoms with E-state index >= 15 is 0 Å². The molecule has 2 aromatic rings. The zero-order valence-electron chi connectivity index (χ0n) is 38.2. The second kappa shape index (κ2) is 31.7. The smallest absolute Gasteiger partial charge is 0.129 e. The van der Waals surface area contributed by atoms with Crippen molar-refractivity contribution in [2.24, 2.45) is 0 Å². The molecule has 0 atom stereocenters. The highest BCUT2D eigenvalue weighted by atomic mass is 16.5. The Labute approximate surface area is 351 Å². The van der Waals surface area contributed by atoms with E-state index in [1.807, 2.05) is 0 Å². The standard InChI is InChI=1S/C50H85N3O4/c1-9-13-17-21-25-29-33-52(34-30-26-22-18-14-10-2)42-37-45(54-5)49(46(38-42)55-6)44(41-51)50-47(56-7)39-43(40-48(50)57-8)53(35-31-27-23-19-15-11-3)36-32-28-24-20-16-12-4/h37-40,44H,9-36H2,1-8H3. The molecule has 0 saturated carbocycles. The molecule has 0 aromatic heterocycles. The average Bonchev–Trinajstić information content (AvgIpc) is 3.24. The highest BCUT2D eigenvalue weighted by Crippen LogP contribution is 2.48. The lowest BCUT2D eigenvalue weighted by Gasteiger charge is -2.29. The van der Waals surface area contributed by atoms with Crippen LogP contribution in [0.2, 0.25) is 0 Å². The van der Waals surface area contributed by atoms with Crippen molar-refractivity contribution in [3.8, 4) is 29.1 Å². The molecule has 0 radical (unpaired) electrons. The number of unbranched alkanes of at least 4 members (excludes halogenated alkanes) is 20. The summed E-state index contributed by atoms with van der Waals surface area (Å²) in [6.45, 7) is 13.1. The van der Waals surface area contributed by atoms with Gasteiger partial charge >= 0.3 is 0 Å². The summed E-state index contributed by atoms with van der Waals surface area (Å²) in [5.41, 5.74) is 3.57. The molecule has 0 saturated heterocycles. The first-order chi connectivity index (χ1) is 28.0. The number of methoxy groups -OCH3 is 4. The summed E-state index contributed by atoms with van der Waals surface area (Å²) in [5, 5.41) is 11.0. The highest BCUT2D eigenvalue weighted by Gasteiger charge is 2.31. The lowest BCUT2D eigenvalue weighted by atomic mass is 9.88. The first-order valence-electron chi connectivity index (χ1n) is 23.4. The van der Waals surface area contributed by atoms with Crippen molar-refractivity contribution in [3.63, 3.8) is 0 Å². The number of benzene rings is 2. The average molecular weight is 792 g/mol. The van der Waals surface area contributed by atoms with Gasteiger partial charge in [-0.15, -0.1) is 0 Å². The van der Waals surface area contributed by atoms with Crippen LogP contribution in [-0.4, -0.2) is 54.6 Å². The van der Waals surface area contributed by atoms with Gasteiger partial charge in [-0.05, 0) is 25.7 Å². The minimum absolute atomic E-state index is 0.646. The monoisotopic (exact) mass is 792 g/mol. The van der Waals surface area contributed by atoms with Gasteiger partial charge in [-0.2, -0.15) is 5.26 Å². The topological polar surface area (TPSA) is 67.2 Å². The van der Waals surface area contributed by atoms with Gasteiger partial charge in [0.1, 0.15) is 28.9 Å². The Hall–Kier alpha value is -3.27. The third-order valence-electron chi connectivity index (χ3n) is 11.6. The van der Waals surface area contributed by atoms with Crippen molar-refractivity contribution < 1.29 is 18.9 Å². The van der Waals surface area contributed by atoms with Crippen molar-refractivity contribution in [1.82, 2.24) is 0 Å². The Kier molecular flexibility index (Phi) is 27.7. The fraction of sp³-hybridized carbons (Fsp3) is 0.740. The van der Waals surface area contributed by atoms with Gasteiger partial charge in [0.25, 0.3) is 0 Å². The van der Waals surface area contributed by atoms with Crippen LogP contribution in [0.1, 0.15) is 199 Å². The zero-order chi connectivity index (χ0) is 41.5. The van der Waals surface area contributed by atoms with E-state index in [-0.39, 0.29) is 0 Å². The summed E-state index contributed by atoms with van der Waals surface area (Å²) in [7, 11) is 6.79. The molecular weight excluding hydrogens is 707 g/mol. The van der Waals surface area contributed by atoms with Gasteiger partial charge in [0.05, 0.1) is 45.6 Å². The molecule has 0 amide bonds. The summed E-state index contributed by atoms with van der Waals surface area (Å²) in [4.78, 5) is 5.02. The number of hydrogen-bond donors (Lipinski definition) is 0. The highest BCUT2D eigenvalue weighted by molar-refractivity contribution is 5.69. The molecule has 2 aromatic carbocycles. The van der Waals surface area contributed by atoms with E-state index in [1.54, 1.807) is 28.4 Å². The number of ether oxygens (including phenoxy) is 4. The summed E-state index contributed by atoms with van der Waals surface area (Å²) >= 11 is 0. The molecule has 0 heterocycles. The largest absolute Gasteiger partial charge is 0.496 e. The SMILES string of the molecule is CCCCCCCCN(CCCCCCCC)c1cc(OC)c(C(C#N)c2c(OC)cc(N(CCCCCCCC)CCCCCCCC)cc2OC)c(OC)c1. The zero-order valence-corrected chi connectivity index (χ0v) is 38.2. The maximum atomic E-state index is 11.0. The predicted molar refractivity (Wildman–Crippen MR) is 244 cm³/mol. The Morgan fingerprint density at radius 3 is 0.842 bits per heavy atom. The first-order valence-corrected chi connectivity index (χ1v) is 23.4. The summed E-state index contributed by atoms with van der Waals surface area (Å²) in [6, 6.07) is 11.1. The van der Waals surface area contributed by atoms with E-state index in [1.165, 1.54) is 128 Å². The molecule has 324 valence electrons. The second-order valence-electron chi connectivity index (χ2n) is 16.1. The molecular formula is C50H85N3O4. The van der Waals surface area contributed by atoms with E-state index in [2.05, 4.69) is 67.8 Å². The molecule has 0 aliphatic carbocycles. The second-order valence-corrected chi connectivity index (χ2v) is 16.1. The molecule has 2 rings (SSSR count). The third-order valence-corrected chi connectivity index (χ3v) is 11.6. The fourth-order valence-corrected chi connectivity index (χ4v) is 8.13. The van der Waals surface area contributed by atoms with Gasteiger partial charge in [-0.25, -0.2) is 0 Å². The van der Waals surface area contributed by atoms with Crippen molar-refractivity contribution >= 4 is 11.4 Å². The van der Waals surface area contributed by atoms with Crippen LogP contribution in [0.4, 0.5) is 11.4 Å². The van der Waals surface area contributed by atoms with Crippen LogP contribution in [-0.2, 0) is 0 Å². The number of anilines is 2. The third kappa shape index (κ3) is 18.0.